The van der Waals surface area contributed by atoms with Crippen LogP contribution in [-0.2, 0) is 14.8 Å². The normalized spacial score (nSPS) is 20.3. The van der Waals surface area contributed by atoms with Gasteiger partial charge >= 0.3 is 0 Å². The summed E-state index contributed by atoms with van der Waals surface area (Å²) in [6.45, 7) is 1.35. The number of halogens is 1. The molecular weight excluding hydrogens is 391 g/mol. The van der Waals surface area contributed by atoms with E-state index in [1.54, 1.807) is 28.5 Å². The van der Waals surface area contributed by atoms with Crippen LogP contribution < -0.4 is 0 Å². The van der Waals surface area contributed by atoms with E-state index in [0.717, 1.165) is 0 Å². The minimum absolute atomic E-state index is 0.255. The van der Waals surface area contributed by atoms with E-state index in [1.807, 2.05) is 0 Å². The minimum atomic E-state index is -3.63. The van der Waals surface area contributed by atoms with Crippen molar-refractivity contribution in [2.24, 2.45) is 0 Å². The van der Waals surface area contributed by atoms with Crippen LogP contribution in [0.5, 0.6) is 0 Å². The molecule has 0 radical (unpaired) electrons. The van der Waals surface area contributed by atoms with E-state index in [0.29, 0.717) is 48.9 Å². The number of hydrogen-bond acceptors (Lipinski definition) is 5. The van der Waals surface area contributed by atoms with Gasteiger partial charge in [-0.1, -0.05) is 12.1 Å². The molecule has 0 N–H and O–H groups in total. The van der Waals surface area contributed by atoms with Gasteiger partial charge in [-0.3, -0.25) is 4.79 Å². The van der Waals surface area contributed by atoms with Crippen LogP contribution in [-0.4, -0.2) is 55.5 Å². The van der Waals surface area contributed by atoms with Gasteiger partial charge in [0.25, 0.3) is 15.9 Å². The summed E-state index contributed by atoms with van der Waals surface area (Å²) in [5.41, 5.74) is -0.622. The fraction of sp³-hybridized carbons (Fsp3) is 0.389. The van der Waals surface area contributed by atoms with Crippen molar-refractivity contribution in [3.8, 4) is 0 Å². The second-order valence-electron chi connectivity index (χ2n) is 6.61. The number of amides is 1. The van der Waals surface area contributed by atoms with Gasteiger partial charge in [0.1, 0.15) is 15.8 Å². The molecule has 2 aliphatic heterocycles. The largest absolute Gasteiger partial charge is 0.358 e. The van der Waals surface area contributed by atoms with Crippen LogP contribution in [0.1, 0.15) is 23.2 Å². The van der Waals surface area contributed by atoms with Gasteiger partial charge in [-0.2, -0.15) is 4.31 Å². The summed E-state index contributed by atoms with van der Waals surface area (Å²) in [5, 5.41) is 1.73. The number of sulfonamides is 1. The fourth-order valence-electron chi connectivity index (χ4n) is 3.71. The molecule has 6 nitrogen and oxygen atoms in total. The summed E-state index contributed by atoms with van der Waals surface area (Å²) in [6.07, 6.45) is 0.775. The molecule has 1 aromatic carbocycles. The topological polar surface area (TPSA) is 66.9 Å². The monoisotopic (exact) mass is 410 g/mol. The summed E-state index contributed by atoms with van der Waals surface area (Å²) in [7, 11) is -3.63. The van der Waals surface area contributed by atoms with Gasteiger partial charge in [-0.25, -0.2) is 12.8 Å². The lowest BCUT2D eigenvalue weighted by atomic mass is 10.00. The number of carbonyl (C=O) groups is 1. The second-order valence-corrected chi connectivity index (χ2v) is 9.64. The zero-order valence-corrected chi connectivity index (χ0v) is 16.1. The summed E-state index contributed by atoms with van der Waals surface area (Å²) in [6, 6.07) is 8.89. The maximum Gasteiger partial charge on any atom is 0.255 e. The number of thiophene rings is 1. The Morgan fingerprint density at radius 3 is 2.59 bits per heavy atom. The maximum absolute atomic E-state index is 13.4. The van der Waals surface area contributed by atoms with E-state index in [9.17, 15) is 17.6 Å². The van der Waals surface area contributed by atoms with Gasteiger partial charge in [-0.05, 0) is 29.6 Å². The van der Waals surface area contributed by atoms with E-state index in [1.165, 1.54) is 33.8 Å². The highest BCUT2D eigenvalue weighted by Crippen LogP contribution is 2.39. The predicted octanol–water partition coefficient (Wildman–Crippen LogP) is 2.54. The Kier molecular flexibility index (Phi) is 4.79. The summed E-state index contributed by atoms with van der Waals surface area (Å²) >= 11 is 1.18. The van der Waals surface area contributed by atoms with Crippen LogP contribution in [0.2, 0.25) is 0 Å². The molecule has 2 aromatic rings. The Morgan fingerprint density at radius 1 is 1.15 bits per heavy atom. The smallest absolute Gasteiger partial charge is 0.255 e. The Balaban J connectivity index is 1.51. The maximum atomic E-state index is 13.4. The lowest BCUT2D eigenvalue weighted by Crippen LogP contribution is -2.55. The SMILES string of the molecule is O=C(c1cccc(F)c1)N1CCC2(CC1)OCCN2S(=O)(=O)c1cccs1. The number of benzene rings is 1. The molecule has 1 spiro atoms. The standard InChI is InChI=1S/C18H19FN2O4S2/c19-15-4-1-3-14(13-15)17(22)20-8-6-18(7-9-20)21(10-11-25-18)27(23,24)16-5-2-12-26-16/h1-5,12-13H,6-11H2. The van der Waals surface area contributed by atoms with Crippen LogP contribution in [0.3, 0.4) is 0 Å². The van der Waals surface area contributed by atoms with E-state index < -0.39 is 21.6 Å². The average molecular weight is 410 g/mol. The average Bonchev–Trinajstić information content (AvgIpc) is 3.33. The highest BCUT2D eigenvalue weighted by molar-refractivity contribution is 7.91. The first kappa shape index (κ1) is 18.5. The third-order valence-corrected chi connectivity index (χ3v) is 8.38. The molecule has 1 amide bonds. The van der Waals surface area contributed by atoms with Gasteiger partial charge < -0.3 is 9.64 Å². The zero-order valence-electron chi connectivity index (χ0n) is 14.5. The number of nitrogens with zero attached hydrogens (tertiary/aromatic N) is 2. The number of rotatable bonds is 3. The van der Waals surface area contributed by atoms with Crippen LogP contribution in [0.4, 0.5) is 4.39 Å². The molecule has 4 rings (SSSR count). The highest BCUT2D eigenvalue weighted by atomic mass is 32.2. The summed E-state index contributed by atoms with van der Waals surface area (Å²) in [5.74, 6) is -0.711. The van der Waals surface area contributed by atoms with E-state index in [-0.39, 0.29) is 5.91 Å². The van der Waals surface area contributed by atoms with E-state index in [2.05, 4.69) is 0 Å². The molecular formula is C18H19FN2O4S2. The first-order chi connectivity index (χ1) is 12.9. The minimum Gasteiger partial charge on any atom is -0.358 e. The predicted molar refractivity (Wildman–Crippen MR) is 98.4 cm³/mol. The van der Waals surface area contributed by atoms with Crippen molar-refractivity contribution in [1.29, 1.82) is 0 Å². The fourth-order valence-corrected chi connectivity index (χ4v) is 6.54. The number of piperidine rings is 1. The molecule has 0 aliphatic carbocycles. The Bertz CT molecular complexity index is 938. The lowest BCUT2D eigenvalue weighted by Gasteiger charge is -2.42. The van der Waals surface area contributed by atoms with Gasteiger partial charge in [0.2, 0.25) is 0 Å². The molecule has 2 fully saturated rings. The summed E-state index contributed by atoms with van der Waals surface area (Å²) in [4.78, 5) is 14.2. The van der Waals surface area contributed by atoms with Crippen molar-refractivity contribution in [2.75, 3.05) is 26.2 Å². The molecule has 144 valence electrons. The first-order valence-corrected chi connectivity index (χ1v) is 11.0. The number of likely N-dealkylation sites (tertiary alicyclic amines) is 1. The van der Waals surface area contributed by atoms with Crippen LogP contribution in [0.25, 0.3) is 0 Å². The number of carbonyl (C=O) groups excluding carboxylic acids is 1. The zero-order chi connectivity index (χ0) is 19.1. The second kappa shape index (κ2) is 6.97. The van der Waals surface area contributed by atoms with Gasteiger partial charge in [0.15, 0.2) is 0 Å². The van der Waals surface area contributed by atoms with Crippen molar-refractivity contribution < 1.29 is 22.3 Å². The van der Waals surface area contributed by atoms with E-state index >= 15 is 0 Å². The quantitative estimate of drug-likeness (QED) is 0.780. The third kappa shape index (κ3) is 3.29. The van der Waals surface area contributed by atoms with Crippen LogP contribution >= 0.6 is 11.3 Å². The molecule has 0 bridgehead atoms. The molecule has 0 unspecified atom stereocenters. The molecule has 2 saturated heterocycles. The Morgan fingerprint density at radius 2 is 1.93 bits per heavy atom. The number of ether oxygens (including phenoxy) is 1. The molecule has 27 heavy (non-hydrogen) atoms. The molecule has 0 saturated carbocycles. The van der Waals surface area contributed by atoms with Crippen molar-refractivity contribution >= 4 is 27.3 Å². The summed E-state index contributed by atoms with van der Waals surface area (Å²) < 4.78 is 47.0. The molecule has 3 heterocycles. The molecule has 1 aromatic heterocycles. The van der Waals surface area contributed by atoms with Crippen molar-refractivity contribution in [2.45, 2.75) is 22.8 Å². The highest BCUT2D eigenvalue weighted by Gasteiger charge is 2.51. The van der Waals surface area contributed by atoms with Crippen molar-refractivity contribution in [3.05, 3.63) is 53.2 Å². The first-order valence-electron chi connectivity index (χ1n) is 8.68. The molecule has 2 aliphatic rings. The Hall–Kier alpha value is -1.81. The van der Waals surface area contributed by atoms with Crippen molar-refractivity contribution in [1.82, 2.24) is 9.21 Å². The van der Waals surface area contributed by atoms with Gasteiger partial charge in [0.05, 0.1) is 6.61 Å². The van der Waals surface area contributed by atoms with Crippen LogP contribution in [0.15, 0.2) is 46.0 Å². The van der Waals surface area contributed by atoms with Gasteiger partial charge in [-0.15, -0.1) is 11.3 Å². The molecule has 9 heteroatoms. The Labute approximate surface area is 161 Å². The van der Waals surface area contributed by atoms with E-state index in [4.69, 9.17) is 4.74 Å². The van der Waals surface area contributed by atoms with Crippen LogP contribution in [0, 0.1) is 5.82 Å². The third-order valence-electron chi connectivity index (χ3n) is 5.06. The lowest BCUT2D eigenvalue weighted by molar-refractivity contribution is -0.0856. The van der Waals surface area contributed by atoms with Crippen molar-refractivity contribution in [3.63, 3.8) is 0 Å². The number of hydrogen-bond donors (Lipinski definition) is 0. The molecule has 0 atom stereocenters. The van der Waals surface area contributed by atoms with Gasteiger partial charge in [0, 0.05) is 38.0 Å².